The Hall–Kier alpha value is -1.64. The van der Waals surface area contributed by atoms with E-state index in [0.29, 0.717) is 13.1 Å². The highest BCUT2D eigenvalue weighted by Gasteiger charge is 2.10. The molecular weight excluding hydrogens is 463 g/mol. The van der Waals surface area contributed by atoms with E-state index in [-0.39, 0.29) is 36.5 Å². The van der Waals surface area contributed by atoms with Gasteiger partial charge in [0.15, 0.2) is 5.96 Å². The molecule has 28 heavy (non-hydrogen) atoms. The number of hydrogen-bond donors (Lipinski definition) is 3. The second-order valence-electron chi connectivity index (χ2n) is 6.92. The van der Waals surface area contributed by atoms with E-state index >= 15 is 0 Å². The van der Waals surface area contributed by atoms with Crippen molar-refractivity contribution < 1.29 is 5.11 Å². The van der Waals surface area contributed by atoms with Gasteiger partial charge >= 0.3 is 0 Å². The lowest BCUT2D eigenvalue weighted by molar-refractivity contribution is 0.265. The first-order valence-electron chi connectivity index (χ1n) is 9.53. The SMILES string of the molecule is CCNC(=NCc1ccc(CN(C)C)cc1)NCC(CO)c1ccccc1.I. The molecule has 2 aromatic carbocycles. The van der Waals surface area contributed by atoms with E-state index in [2.05, 4.69) is 58.9 Å². The minimum Gasteiger partial charge on any atom is -0.396 e. The maximum atomic E-state index is 9.71. The van der Waals surface area contributed by atoms with Gasteiger partial charge in [-0.3, -0.25) is 0 Å². The molecule has 0 saturated carbocycles. The van der Waals surface area contributed by atoms with Crippen molar-refractivity contribution in [3.63, 3.8) is 0 Å². The van der Waals surface area contributed by atoms with E-state index in [9.17, 15) is 5.11 Å². The highest BCUT2D eigenvalue weighted by Crippen LogP contribution is 2.13. The van der Waals surface area contributed by atoms with Gasteiger partial charge in [-0.25, -0.2) is 4.99 Å². The Morgan fingerprint density at radius 3 is 2.21 bits per heavy atom. The molecule has 0 aliphatic carbocycles. The predicted molar refractivity (Wildman–Crippen MR) is 128 cm³/mol. The molecule has 6 heteroatoms. The van der Waals surface area contributed by atoms with Gasteiger partial charge in [0.25, 0.3) is 0 Å². The fourth-order valence-electron chi connectivity index (χ4n) is 2.86. The lowest BCUT2D eigenvalue weighted by Crippen LogP contribution is -2.39. The van der Waals surface area contributed by atoms with E-state index < -0.39 is 0 Å². The first kappa shape index (κ1) is 24.4. The van der Waals surface area contributed by atoms with Gasteiger partial charge in [0.1, 0.15) is 0 Å². The van der Waals surface area contributed by atoms with E-state index in [1.54, 1.807) is 0 Å². The zero-order valence-corrected chi connectivity index (χ0v) is 19.4. The van der Waals surface area contributed by atoms with Crippen molar-refractivity contribution in [1.82, 2.24) is 15.5 Å². The third-order valence-electron chi connectivity index (χ3n) is 4.29. The van der Waals surface area contributed by atoms with Crippen molar-refractivity contribution in [3.05, 3.63) is 71.3 Å². The van der Waals surface area contributed by atoms with E-state index in [1.165, 1.54) is 11.1 Å². The maximum Gasteiger partial charge on any atom is 0.191 e. The Morgan fingerprint density at radius 2 is 1.64 bits per heavy atom. The molecule has 154 valence electrons. The Kier molecular flexibility index (Phi) is 11.8. The zero-order valence-electron chi connectivity index (χ0n) is 17.1. The van der Waals surface area contributed by atoms with Gasteiger partial charge in [0.2, 0.25) is 0 Å². The topological polar surface area (TPSA) is 59.9 Å². The summed E-state index contributed by atoms with van der Waals surface area (Å²) in [6, 6.07) is 18.6. The van der Waals surface area contributed by atoms with Crippen molar-refractivity contribution in [1.29, 1.82) is 0 Å². The van der Waals surface area contributed by atoms with Crippen LogP contribution in [0.5, 0.6) is 0 Å². The highest BCUT2D eigenvalue weighted by molar-refractivity contribution is 14.0. The Labute approximate surface area is 186 Å². The van der Waals surface area contributed by atoms with Gasteiger partial charge in [0, 0.05) is 25.6 Å². The summed E-state index contributed by atoms with van der Waals surface area (Å²) in [7, 11) is 4.14. The van der Waals surface area contributed by atoms with Gasteiger partial charge in [-0.15, -0.1) is 24.0 Å². The smallest absolute Gasteiger partial charge is 0.191 e. The minimum absolute atomic E-state index is 0. The van der Waals surface area contributed by atoms with Crippen LogP contribution in [0, 0.1) is 0 Å². The van der Waals surface area contributed by atoms with Crippen LogP contribution in [0.3, 0.4) is 0 Å². The van der Waals surface area contributed by atoms with Crippen molar-refractivity contribution in [2.75, 3.05) is 33.8 Å². The molecule has 1 unspecified atom stereocenters. The average molecular weight is 496 g/mol. The largest absolute Gasteiger partial charge is 0.396 e. The third-order valence-corrected chi connectivity index (χ3v) is 4.29. The van der Waals surface area contributed by atoms with Crippen LogP contribution in [0.1, 0.15) is 29.5 Å². The summed E-state index contributed by atoms with van der Waals surface area (Å²) >= 11 is 0. The van der Waals surface area contributed by atoms with Crippen molar-refractivity contribution in [3.8, 4) is 0 Å². The normalized spacial score (nSPS) is 12.4. The Balaban J connectivity index is 0.00000392. The molecule has 0 aromatic heterocycles. The van der Waals surface area contributed by atoms with Crippen LogP contribution < -0.4 is 10.6 Å². The molecule has 0 fully saturated rings. The van der Waals surface area contributed by atoms with Gasteiger partial charge in [0.05, 0.1) is 13.2 Å². The number of rotatable bonds is 9. The number of aliphatic hydroxyl groups excluding tert-OH is 1. The van der Waals surface area contributed by atoms with E-state index in [0.717, 1.165) is 24.6 Å². The summed E-state index contributed by atoms with van der Waals surface area (Å²) in [5.74, 6) is 0.810. The van der Waals surface area contributed by atoms with E-state index in [1.807, 2.05) is 37.3 Å². The Bertz CT molecular complexity index is 689. The second-order valence-corrected chi connectivity index (χ2v) is 6.92. The van der Waals surface area contributed by atoms with Crippen molar-refractivity contribution in [2.45, 2.75) is 25.9 Å². The minimum atomic E-state index is 0. The van der Waals surface area contributed by atoms with Crippen LogP contribution in [0.25, 0.3) is 0 Å². The third kappa shape index (κ3) is 8.58. The number of nitrogens with one attached hydrogen (secondary N) is 2. The van der Waals surface area contributed by atoms with Crippen LogP contribution in [-0.4, -0.2) is 49.8 Å². The summed E-state index contributed by atoms with van der Waals surface area (Å²) in [5, 5.41) is 16.3. The lowest BCUT2D eigenvalue weighted by atomic mass is 10.0. The summed E-state index contributed by atoms with van der Waals surface area (Å²) in [4.78, 5) is 6.83. The number of guanidine groups is 1. The molecule has 0 heterocycles. The summed E-state index contributed by atoms with van der Waals surface area (Å²) in [6.07, 6.45) is 0. The van der Waals surface area contributed by atoms with Gasteiger partial charge in [-0.05, 0) is 37.7 Å². The summed E-state index contributed by atoms with van der Waals surface area (Å²) in [5.41, 5.74) is 3.60. The molecule has 0 radical (unpaired) electrons. The molecule has 0 bridgehead atoms. The molecule has 2 aromatic rings. The monoisotopic (exact) mass is 496 g/mol. The van der Waals surface area contributed by atoms with Gasteiger partial charge < -0.3 is 20.6 Å². The maximum absolute atomic E-state index is 9.71. The predicted octanol–water partition coefficient (Wildman–Crippen LogP) is 3.20. The van der Waals surface area contributed by atoms with Crippen molar-refractivity contribution >= 4 is 29.9 Å². The van der Waals surface area contributed by atoms with Crippen LogP contribution in [0.2, 0.25) is 0 Å². The highest BCUT2D eigenvalue weighted by atomic mass is 127. The molecule has 5 nitrogen and oxygen atoms in total. The average Bonchev–Trinajstić information content (AvgIpc) is 2.68. The van der Waals surface area contributed by atoms with Gasteiger partial charge in [-0.1, -0.05) is 54.6 Å². The van der Waals surface area contributed by atoms with E-state index in [4.69, 9.17) is 0 Å². The number of halogens is 1. The fraction of sp³-hybridized carbons (Fsp3) is 0.409. The first-order chi connectivity index (χ1) is 13.1. The molecule has 0 saturated heterocycles. The standard InChI is InChI=1S/C22H32N4O.HI/c1-4-23-22(25-15-21(17-27)20-8-6-5-7-9-20)24-14-18-10-12-19(13-11-18)16-26(2)3;/h5-13,21,27H,4,14-17H2,1-3H3,(H2,23,24,25);1H. The number of aliphatic imine (C=N–C) groups is 1. The first-order valence-corrected chi connectivity index (χ1v) is 9.53. The van der Waals surface area contributed by atoms with Crippen molar-refractivity contribution in [2.24, 2.45) is 4.99 Å². The Morgan fingerprint density at radius 1 is 1.00 bits per heavy atom. The van der Waals surface area contributed by atoms with Gasteiger partial charge in [-0.2, -0.15) is 0 Å². The molecule has 3 N–H and O–H groups in total. The van der Waals surface area contributed by atoms with Crippen LogP contribution in [-0.2, 0) is 13.1 Å². The molecule has 0 aliphatic rings. The second kappa shape index (κ2) is 13.5. The number of benzene rings is 2. The van der Waals surface area contributed by atoms with Crippen LogP contribution in [0.4, 0.5) is 0 Å². The number of hydrogen-bond acceptors (Lipinski definition) is 3. The summed E-state index contributed by atoms with van der Waals surface area (Å²) < 4.78 is 0. The number of aliphatic hydroxyl groups is 1. The van der Waals surface area contributed by atoms with Crippen LogP contribution in [0.15, 0.2) is 59.6 Å². The quantitative estimate of drug-likeness (QED) is 0.284. The molecule has 2 rings (SSSR count). The zero-order chi connectivity index (χ0) is 19.5. The molecule has 0 amide bonds. The summed E-state index contributed by atoms with van der Waals surface area (Å²) in [6.45, 7) is 5.14. The fourth-order valence-corrected chi connectivity index (χ4v) is 2.86. The molecule has 0 spiro atoms. The molecule has 1 atom stereocenters. The lowest BCUT2D eigenvalue weighted by Gasteiger charge is -2.18. The van der Waals surface area contributed by atoms with Crippen LogP contribution >= 0.6 is 24.0 Å². The molecular formula is C22H33IN4O. The molecule has 0 aliphatic heterocycles. The number of nitrogens with zero attached hydrogens (tertiary/aromatic N) is 2.